The Bertz CT molecular complexity index is 757. The van der Waals surface area contributed by atoms with E-state index >= 15 is 0 Å². The van der Waals surface area contributed by atoms with E-state index in [9.17, 15) is 4.79 Å². The van der Waals surface area contributed by atoms with E-state index in [1.54, 1.807) is 19.3 Å². The lowest BCUT2D eigenvalue weighted by Crippen LogP contribution is -2.06. The lowest BCUT2D eigenvalue weighted by molar-refractivity contribution is 0.0521. The van der Waals surface area contributed by atoms with Gasteiger partial charge in [-0.1, -0.05) is 24.3 Å². The molecule has 0 saturated carbocycles. The highest BCUT2D eigenvalue weighted by molar-refractivity contribution is 6.01. The SMILES string of the molecule is CCOC(=O)c1[nH]ccc1-c1cccc2cccnc12. The number of esters is 1. The molecule has 3 rings (SSSR count). The first-order chi connectivity index (χ1) is 9.81. The second kappa shape index (κ2) is 5.17. The van der Waals surface area contributed by atoms with Crippen LogP contribution >= 0.6 is 0 Å². The molecular weight excluding hydrogens is 252 g/mol. The molecule has 0 radical (unpaired) electrons. The standard InChI is InChI=1S/C16H14N2O2/c1-2-20-16(19)15-13(8-10-18-15)12-7-3-5-11-6-4-9-17-14(11)12/h3-10,18H,2H2,1H3. The summed E-state index contributed by atoms with van der Waals surface area (Å²) in [5.74, 6) is -0.347. The quantitative estimate of drug-likeness (QED) is 0.739. The van der Waals surface area contributed by atoms with Gasteiger partial charge in [-0.15, -0.1) is 0 Å². The van der Waals surface area contributed by atoms with Crippen molar-refractivity contribution >= 4 is 16.9 Å². The third-order valence-corrected chi connectivity index (χ3v) is 3.15. The number of nitrogens with one attached hydrogen (secondary N) is 1. The molecule has 0 aliphatic rings. The number of carbonyl (C=O) groups excluding carboxylic acids is 1. The molecule has 100 valence electrons. The van der Waals surface area contributed by atoms with Crippen molar-refractivity contribution in [2.24, 2.45) is 0 Å². The Morgan fingerprint density at radius 1 is 1.20 bits per heavy atom. The Morgan fingerprint density at radius 3 is 2.90 bits per heavy atom. The van der Waals surface area contributed by atoms with E-state index in [2.05, 4.69) is 9.97 Å². The van der Waals surface area contributed by atoms with Crippen molar-refractivity contribution in [2.75, 3.05) is 6.61 Å². The molecule has 0 aliphatic carbocycles. The van der Waals surface area contributed by atoms with Gasteiger partial charge in [-0.25, -0.2) is 4.79 Å². The highest BCUT2D eigenvalue weighted by Gasteiger charge is 2.17. The fraction of sp³-hybridized carbons (Fsp3) is 0.125. The van der Waals surface area contributed by atoms with Crippen LogP contribution in [0.5, 0.6) is 0 Å². The number of H-pyrrole nitrogens is 1. The number of carbonyl (C=O) groups is 1. The first-order valence-corrected chi connectivity index (χ1v) is 6.50. The predicted molar refractivity (Wildman–Crippen MR) is 77.5 cm³/mol. The normalized spacial score (nSPS) is 10.7. The molecule has 0 spiro atoms. The van der Waals surface area contributed by atoms with Gasteiger partial charge in [0.25, 0.3) is 0 Å². The number of fused-ring (bicyclic) bond motifs is 1. The van der Waals surface area contributed by atoms with Crippen LogP contribution in [0.1, 0.15) is 17.4 Å². The summed E-state index contributed by atoms with van der Waals surface area (Å²) in [4.78, 5) is 19.3. The molecule has 0 amide bonds. The lowest BCUT2D eigenvalue weighted by Gasteiger charge is -2.07. The van der Waals surface area contributed by atoms with Crippen LogP contribution in [0.3, 0.4) is 0 Å². The number of hydrogen-bond donors (Lipinski definition) is 1. The van der Waals surface area contributed by atoms with E-state index in [1.165, 1.54) is 0 Å². The van der Waals surface area contributed by atoms with Crippen LogP contribution in [0, 0.1) is 0 Å². The van der Waals surface area contributed by atoms with Gasteiger partial charge >= 0.3 is 5.97 Å². The molecule has 0 aliphatic heterocycles. The van der Waals surface area contributed by atoms with Gasteiger partial charge in [0.15, 0.2) is 0 Å². The molecule has 20 heavy (non-hydrogen) atoms. The summed E-state index contributed by atoms with van der Waals surface area (Å²) in [5.41, 5.74) is 3.07. The number of aromatic nitrogens is 2. The second-order valence-corrected chi connectivity index (χ2v) is 4.37. The number of aromatic amines is 1. The molecule has 1 N–H and O–H groups in total. The highest BCUT2D eigenvalue weighted by atomic mass is 16.5. The molecular formula is C16H14N2O2. The number of ether oxygens (including phenoxy) is 1. The predicted octanol–water partition coefficient (Wildman–Crippen LogP) is 3.41. The van der Waals surface area contributed by atoms with Crippen LogP contribution in [-0.4, -0.2) is 22.5 Å². The van der Waals surface area contributed by atoms with E-state index in [1.807, 2.05) is 36.4 Å². The fourth-order valence-corrected chi connectivity index (χ4v) is 2.29. The topological polar surface area (TPSA) is 55.0 Å². The van der Waals surface area contributed by atoms with Crippen LogP contribution in [0.25, 0.3) is 22.0 Å². The van der Waals surface area contributed by atoms with E-state index in [4.69, 9.17) is 4.74 Å². The van der Waals surface area contributed by atoms with E-state index in [0.717, 1.165) is 22.0 Å². The lowest BCUT2D eigenvalue weighted by atomic mass is 10.0. The molecule has 0 unspecified atom stereocenters. The van der Waals surface area contributed by atoms with Gasteiger partial charge in [0.05, 0.1) is 12.1 Å². The summed E-state index contributed by atoms with van der Waals surface area (Å²) in [5, 5.41) is 1.04. The average Bonchev–Trinajstić information content (AvgIpc) is 2.96. The molecule has 3 aromatic rings. The van der Waals surface area contributed by atoms with Crippen molar-refractivity contribution in [2.45, 2.75) is 6.92 Å². The van der Waals surface area contributed by atoms with Gasteiger partial charge in [0.2, 0.25) is 0 Å². The maximum atomic E-state index is 12.0. The summed E-state index contributed by atoms with van der Waals surface area (Å²) < 4.78 is 5.07. The highest BCUT2D eigenvalue weighted by Crippen LogP contribution is 2.29. The molecule has 4 heteroatoms. The van der Waals surface area contributed by atoms with Gasteiger partial charge in [-0.05, 0) is 19.1 Å². The Labute approximate surface area is 116 Å². The zero-order chi connectivity index (χ0) is 13.9. The van der Waals surface area contributed by atoms with Crippen LogP contribution in [0.4, 0.5) is 0 Å². The van der Waals surface area contributed by atoms with Crippen LogP contribution in [0.15, 0.2) is 48.8 Å². The Kier molecular flexibility index (Phi) is 3.21. The smallest absolute Gasteiger partial charge is 0.355 e. The number of rotatable bonds is 3. The zero-order valence-electron chi connectivity index (χ0n) is 11.1. The van der Waals surface area contributed by atoms with Crippen molar-refractivity contribution in [1.82, 2.24) is 9.97 Å². The van der Waals surface area contributed by atoms with Crippen molar-refractivity contribution in [1.29, 1.82) is 0 Å². The Balaban J connectivity index is 2.17. The van der Waals surface area contributed by atoms with Crippen molar-refractivity contribution in [3.63, 3.8) is 0 Å². The van der Waals surface area contributed by atoms with Crippen molar-refractivity contribution in [3.05, 3.63) is 54.5 Å². The third-order valence-electron chi connectivity index (χ3n) is 3.15. The summed E-state index contributed by atoms with van der Waals surface area (Å²) in [6.07, 6.45) is 3.49. The van der Waals surface area contributed by atoms with E-state index in [0.29, 0.717) is 12.3 Å². The minimum absolute atomic E-state index is 0.347. The monoisotopic (exact) mass is 266 g/mol. The summed E-state index contributed by atoms with van der Waals surface area (Å²) in [6, 6.07) is 11.7. The molecule has 4 nitrogen and oxygen atoms in total. The maximum Gasteiger partial charge on any atom is 0.355 e. The molecule has 0 saturated heterocycles. The number of hydrogen-bond acceptors (Lipinski definition) is 3. The van der Waals surface area contributed by atoms with Gasteiger partial charge in [0.1, 0.15) is 5.69 Å². The third kappa shape index (κ3) is 2.05. The first kappa shape index (κ1) is 12.4. The minimum Gasteiger partial charge on any atom is -0.461 e. The summed E-state index contributed by atoms with van der Waals surface area (Å²) in [7, 11) is 0. The minimum atomic E-state index is -0.347. The second-order valence-electron chi connectivity index (χ2n) is 4.37. The molecule has 0 bridgehead atoms. The molecule has 1 aromatic carbocycles. The van der Waals surface area contributed by atoms with E-state index < -0.39 is 0 Å². The van der Waals surface area contributed by atoms with Crippen LogP contribution in [-0.2, 0) is 4.74 Å². The number of nitrogens with zero attached hydrogens (tertiary/aromatic N) is 1. The van der Waals surface area contributed by atoms with Crippen molar-refractivity contribution in [3.8, 4) is 11.1 Å². The number of benzene rings is 1. The van der Waals surface area contributed by atoms with E-state index in [-0.39, 0.29) is 5.97 Å². The molecule has 0 atom stereocenters. The molecule has 2 aromatic heterocycles. The van der Waals surface area contributed by atoms with Crippen molar-refractivity contribution < 1.29 is 9.53 Å². The molecule has 2 heterocycles. The van der Waals surface area contributed by atoms with Gasteiger partial charge < -0.3 is 9.72 Å². The fourth-order valence-electron chi connectivity index (χ4n) is 2.29. The van der Waals surface area contributed by atoms with Gasteiger partial charge in [-0.3, -0.25) is 4.98 Å². The maximum absolute atomic E-state index is 12.0. The van der Waals surface area contributed by atoms with Crippen LogP contribution in [0.2, 0.25) is 0 Å². The van der Waals surface area contributed by atoms with Crippen LogP contribution < -0.4 is 0 Å². The van der Waals surface area contributed by atoms with Gasteiger partial charge in [0, 0.05) is 28.9 Å². The molecule has 0 fully saturated rings. The van der Waals surface area contributed by atoms with Gasteiger partial charge in [-0.2, -0.15) is 0 Å². The number of para-hydroxylation sites is 1. The average molecular weight is 266 g/mol. The number of pyridine rings is 1. The largest absolute Gasteiger partial charge is 0.461 e. The Hall–Kier alpha value is -2.62. The Morgan fingerprint density at radius 2 is 2.05 bits per heavy atom. The summed E-state index contributed by atoms with van der Waals surface area (Å²) >= 11 is 0. The first-order valence-electron chi connectivity index (χ1n) is 6.50. The summed E-state index contributed by atoms with van der Waals surface area (Å²) in [6.45, 7) is 2.14. The zero-order valence-corrected chi connectivity index (χ0v) is 11.1.